The molecule has 2 aliphatic rings. The van der Waals surface area contributed by atoms with Crippen LogP contribution in [0.4, 0.5) is 5.69 Å². The predicted octanol–water partition coefficient (Wildman–Crippen LogP) is 6.92. The lowest BCUT2D eigenvalue weighted by molar-refractivity contribution is 0.0682. The number of piperidine rings is 1. The molecule has 0 bridgehead atoms. The fourth-order valence-electron chi connectivity index (χ4n) is 5.28. The third-order valence-corrected chi connectivity index (χ3v) is 9.52. The molecule has 5 rings (SSSR count). The van der Waals surface area contributed by atoms with Crippen LogP contribution >= 0.6 is 23.2 Å². The monoisotopic (exact) mass is 601 g/mol. The topological polar surface area (TPSA) is 78.9 Å². The van der Waals surface area contributed by atoms with Crippen molar-refractivity contribution in [1.29, 1.82) is 0 Å². The van der Waals surface area contributed by atoms with Crippen LogP contribution in [-0.4, -0.2) is 56.8 Å². The van der Waals surface area contributed by atoms with Crippen LogP contribution < -0.4 is 9.46 Å². The summed E-state index contributed by atoms with van der Waals surface area (Å²) < 4.78 is 34.8. The minimum Gasteiger partial charge on any atom is -0.454 e. The molecule has 3 aromatic rings. The lowest BCUT2D eigenvalue weighted by Crippen LogP contribution is -2.39. The molecule has 0 spiro atoms. The van der Waals surface area contributed by atoms with Gasteiger partial charge >= 0.3 is 0 Å². The average molecular weight is 603 g/mol. The minimum absolute atomic E-state index is 0.0454. The Balaban J connectivity index is 1.19. The molecule has 1 amide bonds. The first-order valence-corrected chi connectivity index (χ1v) is 15.9. The van der Waals surface area contributed by atoms with E-state index in [9.17, 15) is 13.2 Å². The lowest BCUT2D eigenvalue weighted by atomic mass is 9.93. The number of nitrogens with one attached hydrogen (secondary N) is 1. The van der Waals surface area contributed by atoms with E-state index >= 15 is 0 Å². The van der Waals surface area contributed by atoms with Gasteiger partial charge in [0.2, 0.25) is 0 Å². The predicted molar refractivity (Wildman–Crippen MR) is 159 cm³/mol. The van der Waals surface area contributed by atoms with Crippen molar-refractivity contribution in [2.45, 2.75) is 37.0 Å². The van der Waals surface area contributed by atoms with Gasteiger partial charge in [-0.25, -0.2) is 8.42 Å². The van der Waals surface area contributed by atoms with E-state index in [-0.39, 0.29) is 22.2 Å². The summed E-state index contributed by atoms with van der Waals surface area (Å²) in [6, 6.07) is 17.5. The molecule has 7 nitrogen and oxygen atoms in total. The molecular formula is C30H33Cl2N3O4S. The van der Waals surface area contributed by atoms with E-state index in [1.165, 1.54) is 44.5 Å². The number of ether oxygens (including phenoxy) is 1. The molecule has 0 aliphatic carbocycles. The zero-order chi connectivity index (χ0) is 28.1. The molecule has 0 atom stereocenters. The van der Waals surface area contributed by atoms with Crippen LogP contribution in [-0.2, 0) is 10.0 Å². The number of likely N-dealkylation sites (tertiary alicyclic amines) is 2. The van der Waals surface area contributed by atoms with Crippen molar-refractivity contribution >= 4 is 44.8 Å². The Morgan fingerprint density at radius 3 is 2.30 bits per heavy atom. The van der Waals surface area contributed by atoms with Gasteiger partial charge in [-0.15, -0.1) is 0 Å². The molecular weight excluding hydrogens is 569 g/mol. The molecule has 2 heterocycles. The molecule has 0 radical (unpaired) electrons. The number of benzene rings is 3. The number of hydrogen-bond donors (Lipinski definition) is 1. The van der Waals surface area contributed by atoms with Gasteiger partial charge in [0.1, 0.15) is 5.75 Å². The first-order chi connectivity index (χ1) is 19.3. The van der Waals surface area contributed by atoms with Crippen LogP contribution in [0.3, 0.4) is 0 Å². The van der Waals surface area contributed by atoms with Gasteiger partial charge in [0, 0.05) is 23.7 Å². The number of hydrogen-bond acceptors (Lipinski definition) is 5. The summed E-state index contributed by atoms with van der Waals surface area (Å²) in [5, 5.41) is 0.766. The normalized spacial score (nSPS) is 16.7. The maximum Gasteiger partial charge on any atom is 0.262 e. The zero-order valence-electron chi connectivity index (χ0n) is 22.2. The number of para-hydroxylation sites is 2. The number of carbonyl (C=O) groups excluding carboxylic acids is 1. The number of sulfonamides is 1. The van der Waals surface area contributed by atoms with E-state index < -0.39 is 10.0 Å². The first-order valence-electron chi connectivity index (χ1n) is 13.6. The standard InChI is InChI=1S/C30H33Cl2N3O4S/c31-24-9-12-28(26(32)21-24)39-29-6-2-1-5-27(29)33-40(37,38)25-10-7-23(8-11-25)30(36)35-19-14-22(15-20-35)13-18-34-16-3-4-17-34/h1-2,5-12,21-22,33H,3-4,13-20H2. The average Bonchev–Trinajstić information content (AvgIpc) is 3.48. The van der Waals surface area contributed by atoms with E-state index in [2.05, 4.69) is 9.62 Å². The Morgan fingerprint density at radius 1 is 0.900 bits per heavy atom. The number of nitrogens with zero attached hydrogens (tertiary/aromatic N) is 2. The van der Waals surface area contributed by atoms with Gasteiger partial charge in [-0.3, -0.25) is 9.52 Å². The van der Waals surface area contributed by atoms with Crippen LogP contribution in [0, 0.1) is 5.92 Å². The molecule has 212 valence electrons. The van der Waals surface area contributed by atoms with Crippen molar-refractivity contribution in [3.8, 4) is 11.5 Å². The molecule has 0 saturated carbocycles. The highest BCUT2D eigenvalue weighted by molar-refractivity contribution is 7.92. The van der Waals surface area contributed by atoms with Crippen LogP contribution in [0.2, 0.25) is 10.0 Å². The highest BCUT2D eigenvalue weighted by Gasteiger charge is 2.25. The molecule has 2 saturated heterocycles. The fraction of sp³-hybridized carbons (Fsp3) is 0.367. The summed E-state index contributed by atoms with van der Waals surface area (Å²) in [6.07, 6.45) is 5.84. The zero-order valence-corrected chi connectivity index (χ0v) is 24.5. The quantitative estimate of drug-likeness (QED) is 0.288. The second-order valence-electron chi connectivity index (χ2n) is 10.4. The van der Waals surface area contributed by atoms with E-state index in [4.69, 9.17) is 27.9 Å². The van der Waals surface area contributed by atoms with Crippen molar-refractivity contribution < 1.29 is 17.9 Å². The van der Waals surface area contributed by atoms with E-state index in [0.717, 1.165) is 32.5 Å². The number of halogens is 2. The van der Waals surface area contributed by atoms with Crippen molar-refractivity contribution in [2.24, 2.45) is 5.92 Å². The third-order valence-electron chi connectivity index (χ3n) is 7.61. The van der Waals surface area contributed by atoms with Crippen LogP contribution in [0.25, 0.3) is 0 Å². The molecule has 0 unspecified atom stereocenters. The number of anilines is 1. The highest BCUT2D eigenvalue weighted by Crippen LogP contribution is 2.36. The van der Waals surface area contributed by atoms with Gasteiger partial charge in [0.15, 0.2) is 5.75 Å². The van der Waals surface area contributed by atoms with Crippen LogP contribution in [0.5, 0.6) is 11.5 Å². The largest absolute Gasteiger partial charge is 0.454 e. The summed E-state index contributed by atoms with van der Waals surface area (Å²) in [4.78, 5) is 17.6. The number of rotatable bonds is 9. The maximum atomic E-state index is 13.2. The van der Waals surface area contributed by atoms with Gasteiger partial charge in [-0.1, -0.05) is 35.3 Å². The minimum atomic E-state index is -3.95. The van der Waals surface area contributed by atoms with Crippen molar-refractivity contribution in [3.05, 3.63) is 82.3 Å². The van der Waals surface area contributed by atoms with Crippen molar-refractivity contribution in [1.82, 2.24) is 9.80 Å². The van der Waals surface area contributed by atoms with Crippen molar-refractivity contribution in [3.63, 3.8) is 0 Å². The molecule has 0 aromatic heterocycles. The van der Waals surface area contributed by atoms with Gasteiger partial charge in [-0.2, -0.15) is 0 Å². The Bertz CT molecular complexity index is 1440. The van der Waals surface area contributed by atoms with E-state index in [1.807, 2.05) is 4.90 Å². The molecule has 2 fully saturated rings. The van der Waals surface area contributed by atoms with Crippen LogP contribution in [0.1, 0.15) is 42.5 Å². The molecule has 3 aromatic carbocycles. The van der Waals surface area contributed by atoms with Gasteiger partial charge < -0.3 is 14.5 Å². The Morgan fingerprint density at radius 2 is 1.60 bits per heavy atom. The van der Waals surface area contributed by atoms with Crippen LogP contribution in [0.15, 0.2) is 71.6 Å². The molecule has 40 heavy (non-hydrogen) atoms. The third kappa shape index (κ3) is 7.10. The second kappa shape index (κ2) is 12.8. The van der Waals surface area contributed by atoms with Crippen molar-refractivity contribution in [2.75, 3.05) is 37.4 Å². The fourth-order valence-corrected chi connectivity index (χ4v) is 6.79. The maximum absolute atomic E-state index is 13.2. The second-order valence-corrected chi connectivity index (χ2v) is 12.9. The number of amides is 1. The van der Waals surface area contributed by atoms with E-state index in [1.54, 1.807) is 54.6 Å². The molecule has 1 N–H and O–H groups in total. The Hall–Kier alpha value is -2.78. The van der Waals surface area contributed by atoms with Gasteiger partial charge in [0.25, 0.3) is 15.9 Å². The SMILES string of the molecule is O=C(c1ccc(S(=O)(=O)Nc2ccccc2Oc2ccc(Cl)cc2Cl)cc1)N1CCC(CCN2CCCC2)CC1. The highest BCUT2D eigenvalue weighted by atomic mass is 35.5. The summed E-state index contributed by atoms with van der Waals surface area (Å²) in [7, 11) is -3.95. The number of carbonyl (C=O) groups is 1. The summed E-state index contributed by atoms with van der Waals surface area (Å²) >= 11 is 12.2. The Kier molecular flexibility index (Phi) is 9.20. The van der Waals surface area contributed by atoms with E-state index in [0.29, 0.717) is 27.3 Å². The van der Waals surface area contributed by atoms with Gasteiger partial charge in [0.05, 0.1) is 15.6 Å². The summed E-state index contributed by atoms with van der Waals surface area (Å²) in [5.74, 6) is 1.22. The lowest BCUT2D eigenvalue weighted by Gasteiger charge is -2.33. The summed E-state index contributed by atoms with van der Waals surface area (Å²) in [6.45, 7) is 5.07. The smallest absolute Gasteiger partial charge is 0.262 e. The molecule has 2 aliphatic heterocycles. The molecule has 10 heteroatoms. The summed E-state index contributed by atoms with van der Waals surface area (Å²) in [5.41, 5.74) is 0.733. The first kappa shape index (κ1) is 28.7. The Labute approximate surface area is 246 Å². The van der Waals surface area contributed by atoms with Gasteiger partial charge in [-0.05, 0) is 112 Å².